The normalized spacial score (nSPS) is 9.40. The van der Waals surface area contributed by atoms with Crippen LogP contribution in [0, 0.1) is 0 Å². The number of hydroxylamine groups is 1. The summed E-state index contributed by atoms with van der Waals surface area (Å²) >= 11 is 0. The van der Waals surface area contributed by atoms with E-state index in [1.807, 2.05) is 0 Å². The van der Waals surface area contributed by atoms with Crippen molar-refractivity contribution in [3.63, 3.8) is 0 Å². The molecule has 3 nitrogen and oxygen atoms in total. The number of rotatable bonds is 5. The van der Waals surface area contributed by atoms with Gasteiger partial charge in [-0.2, -0.15) is 5.48 Å². The van der Waals surface area contributed by atoms with Gasteiger partial charge < -0.3 is 4.84 Å². The van der Waals surface area contributed by atoms with Crippen molar-refractivity contribution in [3.8, 4) is 0 Å². The SMILES string of the molecule is CCCCCNOC(C)=O. The molecule has 0 aliphatic carbocycles. The Morgan fingerprint density at radius 3 is 2.70 bits per heavy atom. The zero-order valence-electron chi connectivity index (χ0n) is 6.64. The predicted molar refractivity (Wildman–Crippen MR) is 39.3 cm³/mol. The topological polar surface area (TPSA) is 38.3 Å². The quantitative estimate of drug-likeness (QED) is 0.467. The van der Waals surface area contributed by atoms with Crippen molar-refractivity contribution in [1.82, 2.24) is 5.48 Å². The summed E-state index contributed by atoms with van der Waals surface area (Å²) < 4.78 is 0. The molecule has 0 fully saturated rings. The van der Waals surface area contributed by atoms with E-state index in [9.17, 15) is 4.79 Å². The third kappa shape index (κ3) is 7.43. The Balaban J connectivity index is 2.84. The summed E-state index contributed by atoms with van der Waals surface area (Å²) in [4.78, 5) is 14.7. The van der Waals surface area contributed by atoms with Crippen molar-refractivity contribution in [1.29, 1.82) is 0 Å². The fourth-order valence-electron chi connectivity index (χ4n) is 0.600. The van der Waals surface area contributed by atoms with Crippen LogP contribution in [0.1, 0.15) is 33.1 Å². The molecule has 60 valence electrons. The summed E-state index contributed by atoms with van der Waals surface area (Å²) in [5.74, 6) is -0.281. The first kappa shape index (κ1) is 9.43. The smallest absolute Gasteiger partial charge is 0.321 e. The largest absolute Gasteiger partial charge is 0.371 e. The zero-order valence-corrected chi connectivity index (χ0v) is 6.64. The van der Waals surface area contributed by atoms with Crippen LogP contribution in [0.2, 0.25) is 0 Å². The summed E-state index contributed by atoms with van der Waals surface area (Å²) in [5.41, 5.74) is 2.57. The molecule has 0 amide bonds. The van der Waals surface area contributed by atoms with Gasteiger partial charge in [0.05, 0.1) is 0 Å². The highest BCUT2D eigenvalue weighted by Crippen LogP contribution is 1.90. The molecule has 0 aromatic heterocycles. The van der Waals surface area contributed by atoms with Crippen LogP contribution in [0.25, 0.3) is 0 Å². The Hall–Kier alpha value is -0.570. The van der Waals surface area contributed by atoms with E-state index in [0.717, 1.165) is 13.0 Å². The highest BCUT2D eigenvalue weighted by molar-refractivity contribution is 5.65. The van der Waals surface area contributed by atoms with Crippen LogP contribution in [-0.4, -0.2) is 12.5 Å². The van der Waals surface area contributed by atoms with Gasteiger partial charge >= 0.3 is 5.97 Å². The minimum atomic E-state index is -0.281. The van der Waals surface area contributed by atoms with E-state index in [2.05, 4.69) is 17.2 Å². The van der Waals surface area contributed by atoms with E-state index >= 15 is 0 Å². The molecule has 0 unspecified atom stereocenters. The monoisotopic (exact) mass is 145 g/mol. The third-order valence-corrected chi connectivity index (χ3v) is 1.10. The summed E-state index contributed by atoms with van der Waals surface area (Å²) in [7, 11) is 0. The number of hydrogen-bond acceptors (Lipinski definition) is 3. The van der Waals surface area contributed by atoms with Gasteiger partial charge in [0, 0.05) is 13.5 Å². The van der Waals surface area contributed by atoms with Crippen LogP contribution < -0.4 is 5.48 Å². The predicted octanol–water partition coefficient (Wildman–Crippen LogP) is 1.24. The third-order valence-electron chi connectivity index (χ3n) is 1.10. The molecular weight excluding hydrogens is 130 g/mol. The Morgan fingerprint density at radius 1 is 1.50 bits per heavy atom. The van der Waals surface area contributed by atoms with Crippen LogP contribution in [0.15, 0.2) is 0 Å². The van der Waals surface area contributed by atoms with E-state index in [0.29, 0.717) is 0 Å². The molecule has 0 atom stereocenters. The van der Waals surface area contributed by atoms with Crippen molar-refractivity contribution in [2.45, 2.75) is 33.1 Å². The van der Waals surface area contributed by atoms with Gasteiger partial charge in [0.15, 0.2) is 0 Å². The Labute approximate surface area is 61.7 Å². The Bertz CT molecular complexity index is 93.6. The molecule has 0 saturated carbocycles. The number of carbonyl (C=O) groups excluding carboxylic acids is 1. The summed E-state index contributed by atoms with van der Waals surface area (Å²) in [6, 6.07) is 0. The van der Waals surface area contributed by atoms with Gasteiger partial charge in [-0.25, -0.2) is 0 Å². The van der Waals surface area contributed by atoms with Crippen molar-refractivity contribution in [2.24, 2.45) is 0 Å². The molecule has 3 heteroatoms. The lowest BCUT2D eigenvalue weighted by atomic mass is 10.3. The molecule has 0 aliphatic heterocycles. The minimum absolute atomic E-state index is 0.281. The Kier molecular flexibility index (Phi) is 6.18. The standard InChI is InChI=1S/C7H15NO2/c1-3-4-5-6-8-10-7(2)9/h8H,3-6H2,1-2H3. The Morgan fingerprint density at radius 2 is 2.20 bits per heavy atom. The molecule has 0 aromatic rings. The number of nitrogens with one attached hydrogen (secondary N) is 1. The molecule has 0 bridgehead atoms. The number of hydrogen-bond donors (Lipinski definition) is 1. The maximum absolute atomic E-state index is 10.2. The van der Waals surface area contributed by atoms with Gasteiger partial charge in [-0.3, -0.25) is 4.79 Å². The van der Waals surface area contributed by atoms with Crippen molar-refractivity contribution < 1.29 is 9.63 Å². The highest BCUT2D eigenvalue weighted by Gasteiger charge is 1.89. The van der Waals surface area contributed by atoms with Crippen LogP contribution in [0.5, 0.6) is 0 Å². The lowest BCUT2D eigenvalue weighted by molar-refractivity contribution is -0.148. The molecule has 0 rings (SSSR count). The molecule has 0 aliphatic rings. The first-order valence-corrected chi connectivity index (χ1v) is 3.67. The average Bonchev–Trinajstić information content (AvgIpc) is 1.87. The summed E-state index contributed by atoms with van der Waals surface area (Å²) in [5, 5.41) is 0. The van der Waals surface area contributed by atoms with E-state index in [4.69, 9.17) is 0 Å². The number of carbonyl (C=O) groups is 1. The minimum Gasteiger partial charge on any atom is -0.371 e. The van der Waals surface area contributed by atoms with E-state index in [1.54, 1.807) is 0 Å². The molecule has 0 spiro atoms. The highest BCUT2D eigenvalue weighted by atomic mass is 16.7. The molecule has 0 saturated heterocycles. The maximum Gasteiger partial charge on any atom is 0.321 e. The van der Waals surface area contributed by atoms with Gasteiger partial charge in [-0.05, 0) is 6.42 Å². The van der Waals surface area contributed by atoms with E-state index in [1.165, 1.54) is 19.8 Å². The first-order chi connectivity index (χ1) is 4.77. The van der Waals surface area contributed by atoms with Gasteiger partial charge in [0.25, 0.3) is 0 Å². The fourth-order valence-corrected chi connectivity index (χ4v) is 0.600. The van der Waals surface area contributed by atoms with E-state index in [-0.39, 0.29) is 5.97 Å². The van der Waals surface area contributed by atoms with Crippen LogP contribution >= 0.6 is 0 Å². The maximum atomic E-state index is 10.2. The van der Waals surface area contributed by atoms with Crippen LogP contribution in [-0.2, 0) is 9.63 Å². The molecule has 10 heavy (non-hydrogen) atoms. The molecule has 0 radical (unpaired) electrons. The van der Waals surface area contributed by atoms with Crippen LogP contribution in [0.4, 0.5) is 0 Å². The summed E-state index contributed by atoms with van der Waals surface area (Å²) in [6.45, 7) is 4.27. The molecule has 0 heterocycles. The lowest BCUT2D eigenvalue weighted by Gasteiger charge is -2.01. The van der Waals surface area contributed by atoms with Gasteiger partial charge in [-0.15, -0.1) is 0 Å². The second kappa shape index (κ2) is 6.55. The second-order valence-electron chi connectivity index (χ2n) is 2.20. The lowest BCUT2D eigenvalue weighted by Crippen LogP contribution is -2.18. The summed E-state index contributed by atoms with van der Waals surface area (Å²) in [6.07, 6.45) is 3.42. The first-order valence-electron chi connectivity index (χ1n) is 3.67. The molecule has 1 N–H and O–H groups in total. The second-order valence-corrected chi connectivity index (χ2v) is 2.20. The van der Waals surface area contributed by atoms with Gasteiger partial charge in [0.1, 0.15) is 0 Å². The molecular formula is C7H15NO2. The van der Waals surface area contributed by atoms with E-state index < -0.39 is 0 Å². The zero-order chi connectivity index (χ0) is 7.82. The van der Waals surface area contributed by atoms with Gasteiger partial charge in [-0.1, -0.05) is 19.8 Å². The molecule has 0 aromatic carbocycles. The van der Waals surface area contributed by atoms with Crippen LogP contribution in [0.3, 0.4) is 0 Å². The number of unbranched alkanes of at least 4 members (excludes halogenated alkanes) is 2. The van der Waals surface area contributed by atoms with Crippen molar-refractivity contribution in [2.75, 3.05) is 6.54 Å². The van der Waals surface area contributed by atoms with Gasteiger partial charge in [0.2, 0.25) is 0 Å². The average molecular weight is 145 g/mol. The van der Waals surface area contributed by atoms with Crippen molar-refractivity contribution >= 4 is 5.97 Å². The van der Waals surface area contributed by atoms with Crippen molar-refractivity contribution in [3.05, 3.63) is 0 Å². The fraction of sp³-hybridized carbons (Fsp3) is 0.857.